The van der Waals surface area contributed by atoms with Gasteiger partial charge in [-0.1, -0.05) is 77.1 Å². The molecule has 0 fully saturated rings. The lowest BCUT2D eigenvalue weighted by Crippen LogP contribution is -2.84. The van der Waals surface area contributed by atoms with Crippen LogP contribution in [0.1, 0.15) is 11.1 Å². The Morgan fingerprint density at radius 2 is 1.04 bits per heavy atom. The van der Waals surface area contributed by atoms with Gasteiger partial charge >= 0.3 is 0 Å². The Morgan fingerprint density at radius 3 is 1.35 bits per heavy atom. The topological polar surface area (TPSA) is 12.4 Å². The first-order chi connectivity index (χ1) is 10.1. The Labute approximate surface area is 148 Å². The Kier molecular flexibility index (Phi) is 5.95. The van der Waals surface area contributed by atoms with E-state index in [0.29, 0.717) is 0 Å². The first-order valence-corrected chi connectivity index (χ1v) is 24.3. The summed E-state index contributed by atoms with van der Waals surface area (Å²) in [6.45, 7) is 26.4. The minimum absolute atomic E-state index is 1.22. The second-order valence-corrected chi connectivity index (χ2v) is 50.5. The summed E-state index contributed by atoms with van der Waals surface area (Å²) in [6.07, 6.45) is 0. The summed E-state index contributed by atoms with van der Waals surface area (Å²) in [5.41, 5.74) is 3.84. The number of hydrogen-bond acceptors (Lipinski definition) is 1. The van der Waals surface area contributed by atoms with Gasteiger partial charge in [-0.05, 0) is 30.8 Å². The van der Waals surface area contributed by atoms with Crippen LogP contribution in [0.2, 0.25) is 58.9 Å². The molecular weight excluding hydrogens is 343 g/mol. The van der Waals surface area contributed by atoms with Crippen LogP contribution < -0.4 is 0 Å². The quantitative estimate of drug-likeness (QED) is 0.424. The third kappa shape index (κ3) is 3.88. The fourth-order valence-corrected chi connectivity index (χ4v) is 98.4. The third-order valence-electron chi connectivity index (χ3n) is 5.38. The summed E-state index contributed by atoms with van der Waals surface area (Å²) >= 11 is 0. The van der Waals surface area contributed by atoms with Crippen molar-refractivity contribution in [3.05, 3.63) is 29.3 Å². The van der Waals surface area contributed by atoms with E-state index in [1.54, 1.807) is 0 Å². The molecule has 0 bridgehead atoms. The van der Waals surface area contributed by atoms with Gasteiger partial charge in [-0.3, -0.25) is 4.99 Å². The SMILES string of the molecule is Cc1cccc(C)c1N=C[Si]([Si](C)(C)C)([Si](C)(C)C)[Si](C)(C)C. The predicted octanol–water partition coefficient (Wildman–Crippen LogP) is 6.24. The largest absolute Gasteiger partial charge is 0.266 e. The van der Waals surface area contributed by atoms with Crippen molar-refractivity contribution in [3.63, 3.8) is 0 Å². The molecule has 0 N–H and O–H groups in total. The summed E-state index contributed by atoms with van der Waals surface area (Å²) < 4.78 is 0. The number of nitrogens with zero attached hydrogens (tertiary/aromatic N) is 1. The molecule has 130 valence electrons. The molecule has 0 unspecified atom stereocenters. The number of benzene rings is 1. The average molecular weight is 380 g/mol. The van der Waals surface area contributed by atoms with Crippen molar-refractivity contribution < 1.29 is 0 Å². The summed E-state index contributed by atoms with van der Waals surface area (Å²) in [5, 5.41) is 0. The van der Waals surface area contributed by atoms with Crippen LogP contribution >= 0.6 is 0 Å². The van der Waals surface area contributed by atoms with Gasteiger partial charge in [0.15, 0.2) is 0 Å². The Balaban J connectivity index is 3.64. The van der Waals surface area contributed by atoms with Gasteiger partial charge in [-0.15, -0.1) is 0 Å². The molecule has 0 spiro atoms. The summed E-state index contributed by atoms with van der Waals surface area (Å²) in [4.78, 5) is 5.22. The number of rotatable bonds is 5. The van der Waals surface area contributed by atoms with Crippen LogP contribution in [-0.4, -0.2) is 35.2 Å². The van der Waals surface area contributed by atoms with Crippen molar-refractivity contribution in [2.75, 3.05) is 0 Å². The van der Waals surface area contributed by atoms with Crippen LogP contribution in [0.4, 0.5) is 5.69 Å². The monoisotopic (exact) mass is 379 g/mol. The van der Waals surface area contributed by atoms with E-state index in [0.717, 1.165) is 0 Å². The highest BCUT2D eigenvalue weighted by Gasteiger charge is 2.60. The van der Waals surface area contributed by atoms with Crippen LogP contribution in [0.5, 0.6) is 0 Å². The maximum absolute atomic E-state index is 5.22. The Bertz CT molecular complexity index is 530. The zero-order valence-electron chi connectivity index (χ0n) is 17.3. The van der Waals surface area contributed by atoms with Crippen LogP contribution in [0.15, 0.2) is 23.2 Å². The van der Waals surface area contributed by atoms with Crippen molar-refractivity contribution in [1.82, 2.24) is 0 Å². The number of aryl methyl sites for hydroxylation is 2. The zero-order chi connectivity index (χ0) is 18.3. The molecule has 1 aromatic carbocycles. The minimum atomic E-state index is -1.50. The van der Waals surface area contributed by atoms with E-state index in [9.17, 15) is 0 Å². The molecule has 23 heavy (non-hydrogen) atoms. The molecule has 0 aliphatic heterocycles. The highest BCUT2D eigenvalue weighted by Crippen LogP contribution is 2.36. The van der Waals surface area contributed by atoms with Crippen molar-refractivity contribution in [1.29, 1.82) is 0 Å². The highest BCUT2D eigenvalue weighted by molar-refractivity contribution is 7.95. The lowest BCUT2D eigenvalue weighted by Gasteiger charge is -2.54. The van der Waals surface area contributed by atoms with Gasteiger partial charge in [0.05, 0.1) is 12.3 Å². The molecule has 0 aliphatic carbocycles. The van der Waals surface area contributed by atoms with Crippen molar-refractivity contribution >= 4 is 40.9 Å². The Morgan fingerprint density at radius 1 is 0.696 bits per heavy atom. The van der Waals surface area contributed by atoms with Gasteiger partial charge in [-0.2, -0.15) is 0 Å². The predicted molar refractivity (Wildman–Crippen MR) is 120 cm³/mol. The van der Waals surface area contributed by atoms with E-state index >= 15 is 0 Å². The van der Waals surface area contributed by atoms with Crippen molar-refractivity contribution in [3.8, 4) is 0 Å². The summed E-state index contributed by atoms with van der Waals surface area (Å²) in [5.74, 6) is 2.59. The molecule has 1 nitrogen and oxygen atoms in total. The fraction of sp³-hybridized carbons (Fsp3) is 0.611. The lowest BCUT2D eigenvalue weighted by molar-refractivity contribution is 1.34. The summed E-state index contributed by atoms with van der Waals surface area (Å²) in [7, 11) is -3.85. The standard InChI is InChI=1S/C18H37NSi4/c1-16-13-12-14-17(2)18(16)19-15-23(20(3,4)5,21(6,7)8)22(9,10)11/h12-15H,1-11H3. The molecule has 0 radical (unpaired) electrons. The molecule has 0 saturated heterocycles. The van der Waals surface area contributed by atoms with Gasteiger partial charge in [0, 0.05) is 22.8 Å². The van der Waals surface area contributed by atoms with Crippen molar-refractivity contribution in [2.24, 2.45) is 4.99 Å². The van der Waals surface area contributed by atoms with E-state index in [4.69, 9.17) is 4.99 Å². The molecule has 1 aromatic rings. The molecule has 5 heteroatoms. The average Bonchev–Trinajstić information content (AvgIpc) is 2.27. The van der Waals surface area contributed by atoms with Gasteiger partial charge in [0.2, 0.25) is 0 Å². The molecule has 0 aliphatic rings. The van der Waals surface area contributed by atoms with Gasteiger partial charge in [0.25, 0.3) is 0 Å². The van der Waals surface area contributed by atoms with Crippen LogP contribution in [0.3, 0.4) is 0 Å². The van der Waals surface area contributed by atoms with Gasteiger partial charge < -0.3 is 0 Å². The lowest BCUT2D eigenvalue weighted by atomic mass is 10.1. The summed E-state index contributed by atoms with van der Waals surface area (Å²) in [6, 6.07) is 6.53. The van der Waals surface area contributed by atoms with Crippen molar-refractivity contribution in [2.45, 2.75) is 72.8 Å². The molecule has 0 saturated carbocycles. The maximum Gasteiger partial charge on any atom is 0.0819 e. The maximum atomic E-state index is 5.22. The van der Waals surface area contributed by atoms with Crippen LogP contribution in [0, 0.1) is 13.8 Å². The fourth-order valence-electron chi connectivity index (χ4n) is 5.13. The van der Waals surface area contributed by atoms with E-state index in [-0.39, 0.29) is 0 Å². The van der Waals surface area contributed by atoms with Gasteiger partial charge in [-0.25, -0.2) is 0 Å². The smallest absolute Gasteiger partial charge is 0.0819 e. The van der Waals surface area contributed by atoms with Crippen LogP contribution in [0.25, 0.3) is 0 Å². The number of para-hydroxylation sites is 1. The first-order valence-electron chi connectivity index (χ1n) is 8.76. The van der Waals surface area contributed by atoms with Gasteiger partial charge in [0.1, 0.15) is 0 Å². The van der Waals surface area contributed by atoms with E-state index in [1.807, 2.05) is 0 Å². The second kappa shape index (κ2) is 6.58. The van der Waals surface area contributed by atoms with Crippen LogP contribution in [-0.2, 0) is 0 Å². The molecule has 0 aromatic heterocycles. The molecule has 0 heterocycles. The Hall–Kier alpha value is -0.242. The van der Waals surface area contributed by atoms with E-state index in [1.165, 1.54) is 16.8 Å². The first kappa shape index (κ1) is 20.8. The highest BCUT2D eigenvalue weighted by atomic mass is 29.9. The zero-order valence-corrected chi connectivity index (χ0v) is 21.3. The van der Waals surface area contributed by atoms with E-state index in [2.05, 4.69) is 96.8 Å². The molecule has 0 amide bonds. The second-order valence-electron chi connectivity index (χ2n) is 10.1. The van der Waals surface area contributed by atoms with E-state index < -0.39 is 29.4 Å². The molecule has 1 rings (SSSR count). The normalized spacial score (nSPS) is 14.6. The number of hydrogen-bond donors (Lipinski definition) is 0. The third-order valence-corrected chi connectivity index (χ3v) is 75.9. The molecule has 0 atom stereocenters. The molecular formula is C18H37NSi4. The number of aliphatic imine (C=N–C) groups is 1. The minimum Gasteiger partial charge on any atom is -0.266 e.